The molecule has 0 radical (unpaired) electrons. The van der Waals surface area contributed by atoms with Gasteiger partial charge in [-0.05, 0) is 30.7 Å². The Morgan fingerprint density at radius 2 is 1.30 bits per heavy atom. The van der Waals surface area contributed by atoms with Crippen molar-refractivity contribution in [3.8, 4) is 0 Å². The molecule has 0 spiro atoms. The first-order valence-corrected chi connectivity index (χ1v) is 10.4. The second kappa shape index (κ2) is 14.1. The molecule has 0 fully saturated rings. The molecule has 27 heavy (non-hydrogen) atoms. The Labute approximate surface area is 164 Å². The summed E-state index contributed by atoms with van der Waals surface area (Å²) in [7, 11) is 3.91. The van der Waals surface area contributed by atoms with Crippen LogP contribution in [0.25, 0.3) is 0 Å². The third-order valence-corrected chi connectivity index (χ3v) is 4.66. The van der Waals surface area contributed by atoms with Crippen LogP contribution in [0.2, 0.25) is 0 Å². The number of unbranched alkanes of at least 4 members (excludes halogenated alkanes) is 9. The van der Waals surface area contributed by atoms with E-state index in [1.165, 1.54) is 51.4 Å². The topological polar surface area (TPSA) is 61.4 Å². The summed E-state index contributed by atoms with van der Waals surface area (Å²) < 4.78 is 0. The fourth-order valence-electron chi connectivity index (χ4n) is 2.93. The first kappa shape index (κ1) is 23.0. The number of carbonyl (C=O) groups is 2. The van der Waals surface area contributed by atoms with E-state index in [2.05, 4.69) is 17.6 Å². The Hall–Kier alpha value is -2.04. The minimum Gasteiger partial charge on any atom is -0.378 e. The summed E-state index contributed by atoms with van der Waals surface area (Å²) in [6.07, 6.45) is 12.5. The van der Waals surface area contributed by atoms with E-state index in [4.69, 9.17) is 0 Å². The number of nitrogens with one attached hydrogen (secondary N) is 2. The molecule has 1 aromatic carbocycles. The van der Waals surface area contributed by atoms with Crippen molar-refractivity contribution in [2.45, 2.75) is 71.1 Å². The zero-order chi connectivity index (χ0) is 19.9. The van der Waals surface area contributed by atoms with Crippen molar-refractivity contribution < 1.29 is 9.59 Å². The van der Waals surface area contributed by atoms with Crippen molar-refractivity contribution in [2.24, 2.45) is 0 Å². The summed E-state index contributed by atoms with van der Waals surface area (Å²) >= 11 is 0. The molecule has 0 bridgehead atoms. The monoisotopic (exact) mass is 375 g/mol. The molecule has 1 aromatic rings. The average molecular weight is 376 g/mol. The van der Waals surface area contributed by atoms with Crippen LogP contribution >= 0.6 is 0 Å². The van der Waals surface area contributed by atoms with Crippen molar-refractivity contribution in [3.05, 3.63) is 24.3 Å². The summed E-state index contributed by atoms with van der Waals surface area (Å²) in [6.45, 7) is 2.80. The van der Waals surface area contributed by atoms with Crippen LogP contribution in [0.4, 0.5) is 11.4 Å². The number of benzene rings is 1. The van der Waals surface area contributed by atoms with Crippen LogP contribution in [-0.2, 0) is 9.59 Å². The maximum atomic E-state index is 11.9. The van der Waals surface area contributed by atoms with Crippen molar-refractivity contribution in [3.63, 3.8) is 0 Å². The SMILES string of the molecule is CCCCCCCCCCCCNC(=O)C(=O)Nc1ccc(N(C)C)cc1. The molecular formula is C22H37N3O2. The van der Waals surface area contributed by atoms with Crippen LogP contribution in [-0.4, -0.2) is 32.5 Å². The van der Waals surface area contributed by atoms with Gasteiger partial charge in [-0.25, -0.2) is 0 Å². The Kier molecular flexibility index (Phi) is 12.0. The lowest BCUT2D eigenvalue weighted by atomic mass is 10.1. The number of rotatable bonds is 13. The fourth-order valence-corrected chi connectivity index (χ4v) is 2.93. The van der Waals surface area contributed by atoms with Gasteiger partial charge < -0.3 is 15.5 Å². The Bertz CT molecular complexity index is 541. The quantitative estimate of drug-likeness (QED) is 0.387. The number of hydrogen-bond donors (Lipinski definition) is 2. The van der Waals surface area contributed by atoms with Crippen LogP contribution in [0.5, 0.6) is 0 Å². The molecular weight excluding hydrogens is 338 g/mol. The second-order valence-corrected chi connectivity index (χ2v) is 7.33. The van der Waals surface area contributed by atoms with Gasteiger partial charge in [0.25, 0.3) is 0 Å². The van der Waals surface area contributed by atoms with E-state index in [1.54, 1.807) is 12.1 Å². The maximum absolute atomic E-state index is 11.9. The van der Waals surface area contributed by atoms with E-state index in [1.807, 2.05) is 31.1 Å². The summed E-state index contributed by atoms with van der Waals surface area (Å²) in [5.41, 5.74) is 1.66. The highest BCUT2D eigenvalue weighted by Crippen LogP contribution is 2.15. The number of nitrogens with zero attached hydrogens (tertiary/aromatic N) is 1. The minimum atomic E-state index is -0.611. The average Bonchev–Trinajstić information content (AvgIpc) is 2.66. The van der Waals surface area contributed by atoms with E-state index >= 15 is 0 Å². The molecule has 0 atom stereocenters. The van der Waals surface area contributed by atoms with Gasteiger partial charge in [0.05, 0.1) is 0 Å². The van der Waals surface area contributed by atoms with Crippen molar-refractivity contribution >= 4 is 23.2 Å². The van der Waals surface area contributed by atoms with E-state index < -0.39 is 11.8 Å². The summed E-state index contributed by atoms with van der Waals surface area (Å²) in [6, 6.07) is 7.39. The van der Waals surface area contributed by atoms with Gasteiger partial charge in [-0.15, -0.1) is 0 Å². The molecule has 0 aliphatic rings. The highest BCUT2D eigenvalue weighted by atomic mass is 16.2. The Morgan fingerprint density at radius 1 is 0.778 bits per heavy atom. The third-order valence-electron chi connectivity index (χ3n) is 4.66. The van der Waals surface area contributed by atoms with Gasteiger partial charge in [0, 0.05) is 32.0 Å². The molecule has 2 amide bonds. The van der Waals surface area contributed by atoms with Gasteiger partial charge >= 0.3 is 11.8 Å². The standard InChI is InChI=1S/C22H37N3O2/c1-4-5-6-7-8-9-10-11-12-13-18-23-21(26)22(27)24-19-14-16-20(17-15-19)25(2)3/h14-17H,4-13,18H2,1-3H3,(H,23,26)(H,24,27). The number of anilines is 2. The minimum absolute atomic E-state index is 0.558. The van der Waals surface area contributed by atoms with Gasteiger partial charge in [0.1, 0.15) is 0 Å². The van der Waals surface area contributed by atoms with Gasteiger partial charge in [0.15, 0.2) is 0 Å². The van der Waals surface area contributed by atoms with E-state index in [0.29, 0.717) is 12.2 Å². The number of amides is 2. The molecule has 0 aliphatic carbocycles. The van der Waals surface area contributed by atoms with Crippen molar-refractivity contribution in [1.29, 1.82) is 0 Å². The van der Waals surface area contributed by atoms with E-state index in [-0.39, 0.29) is 0 Å². The van der Waals surface area contributed by atoms with Gasteiger partial charge in [-0.3, -0.25) is 9.59 Å². The number of hydrogen-bond acceptors (Lipinski definition) is 3. The normalized spacial score (nSPS) is 10.5. The van der Waals surface area contributed by atoms with E-state index in [9.17, 15) is 9.59 Å². The molecule has 5 nitrogen and oxygen atoms in total. The first-order valence-electron chi connectivity index (χ1n) is 10.4. The molecule has 0 aliphatic heterocycles. The molecule has 2 N–H and O–H groups in total. The maximum Gasteiger partial charge on any atom is 0.313 e. The van der Waals surface area contributed by atoms with Crippen molar-refractivity contribution in [2.75, 3.05) is 30.9 Å². The molecule has 0 heterocycles. The highest BCUT2D eigenvalue weighted by Gasteiger charge is 2.12. The van der Waals surface area contributed by atoms with Gasteiger partial charge in [-0.1, -0.05) is 64.7 Å². The first-order chi connectivity index (χ1) is 13.0. The predicted molar refractivity (Wildman–Crippen MR) is 114 cm³/mol. The molecule has 0 aromatic heterocycles. The Morgan fingerprint density at radius 3 is 1.81 bits per heavy atom. The summed E-state index contributed by atoms with van der Waals surface area (Å²) in [4.78, 5) is 25.7. The zero-order valence-corrected chi connectivity index (χ0v) is 17.4. The Balaban J connectivity index is 2.06. The summed E-state index contributed by atoms with van der Waals surface area (Å²) in [5, 5.41) is 5.33. The van der Waals surface area contributed by atoms with Crippen LogP contribution in [0.1, 0.15) is 71.1 Å². The van der Waals surface area contributed by atoms with Crippen LogP contribution < -0.4 is 15.5 Å². The van der Waals surface area contributed by atoms with Gasteiger partial charge in [0.2, 0.25) is 0 Å². The molecule has 0 saturated carbocycles. The largest absolute Gasteiger partial charge is 0.378 e. The predicted octanol–water partition coefficient (Wildman–Crippen LogP) is 4.73. The fraction of sp³-hybridized carbons (Fsp3) is 0.636. The van der Waals surface area contributed by atoms with E-state index in [0.717, 1.165) is 18.5 Å². The van der Waals surface area contributed by atoms with Crippen molar-refractivity contribution in [1.82, 2.24) is 5.32 Å². The summed E-state index contributed by atoms with van der Waals surface area (Å²) in [5.74, 6) is -1.18. The molecule has 0 saturated heterocycles. The smallest absolute Gasteiger partial charge is 0.313 e. The molecule has 5 heteroatoms. The lowest BCUT2D eigenvalue weighted by Gasteiger charge is -2.13. The lowest BCUT2D eigenvalue weighted by Crippen LogP contribution is -2.35. The highest BCUT2D eigenvalue weighted by molar-refractivity contribution is 6.39. The second-order valence-electron chi connectivity index (χ2n) is 7.33. The van der Waals surface area contributed by atoms with Crippen LogP contribution in [0.3, 0.4) is 0 Å². The third kappa shape index (κ3) is 10.6. The van der Waals surface area contributed by atoms with Crippen LogP contribution in [0.15, 0.2) is 24.3 Å². The molecule has 0 unspecified atom stereocenters. The molecule has 152 valence electrons. The zero-order valence-electron chi connectivity index (χ0n) is 17.4. The molecule has 1 rings (SSSR count). The number of carbonyl (C=O) groups excluding carboxylic acids is 2. The van der Waals surface area contributed by atoms with Crippen LogP contribution in [0, 0.1) is 0 Å². The lowest BCUT2D eigenvalue weighted by molar-refractivity contribution is -0.136. The van der Waals surface area contributed by atoms with Gasteiger partial charge in [-0.2, -0.15) is 0 Å².